The summed E-state index contributed by atoms with van der Waals surface area (Å²) >= 11 is 0. The zero-order valence-electron chi connectivity index (χ0n) is 11.4. The zero-order chi connectivity index (χ0) is 14.7. The van der Waals surface area contributed by atoms with Gasteiger partial charge < -0.3 is 14.3 Å². The predicted octanol–water partition coefficient (Wildman–Crippen LogP) is 2.57. The number of nitrogens with zero attached hydrogens (tertiary/aromatic N) is 2. The molecule has 0 aliphatic carbocycles. The number of amides is 1. The number of nitrogens with one attached hydrogen (secondary N) is 1. The third kappa shape index (κ3) is 3.00. The molecule has 6 nitrogen and oxygen atoms in total. The van der Waals surface area contributed by atoms with E-state index in [2.05, 4.69) is 15.5 Å². The highest BCUT2D eigenvalue weighted by molar-refractivity contribution is 5.91. The molecule has 0 radical (unpaired) electrons. The van der Waals surface area contributed by atoms with Crippen molar-refractivity contribution in [3.05, 3.63) is 59.8 Å². The van der Waals surface area contributed by atoms with Gasteiger partial charge in [0, 0.05) is 5.56 Å². The van der Waals surface area contributed by atoms with Gasteiger partial charge in [0.2, 0.25) is 0 Å². The minimum atomic E-state index is -0.318. The molecule has 6 heteroatoms. The Hall–Kier alpha value is -2.89. The van der Waals surface area contributed by atoms with Gasteiger partial charge >= 0.3 is 0 Å². The Morgan fingerprint density at radius 1 is 1.24 bits per heavy atom. The van der Waals surface area contributed by atoms with Crippen LogP contribution in [-0.2, 0) is 6.54 Å². The molecule has 3 aromatic rings. The second kappa shape index (κ2) is 5.62. The van der Waals surface area contributed by atoms with Crippen LogP contribution >= 0.6 is 0 Å². The van der Waals surface area contributed by atoms with Crippen molar-refractivity contribution in [1.29, 1.82) is 0 Å². The number of aromatic nitrogens is 2. The van der Waals surface area contributed by atoms with Gasteiger partial charge in [-0.25, -0.2) is 0 Å². The number of rotatable bonds is 4. The molecule has 1 N–H and O–H groups in total. The first-order chi connectivity index (χ1) is 10.2. The molecule has 0 spiro atoms. The average molecular weight is 283 g/mol. The van der Waals surface area contributed by atoms with Gasteiger partial charge in [-0.1, -0.05) is 22.9 Å². The van der Waals surface area contributed by atoms with Crippen molar-refractivity contribution in [2.24, 2.45) is 0 Å². The molecular formula is C15H13N3O3. The standard InChI is InChI=1S/C15H13N3O3/c1-10-4-6-11(7-5-10)15-17-13(18-21-15)9-16-14(19)12-3-2-8-20-12/h2-8H,9H2,1H3,(H,16,19). The highest BCUT2D eigenvalue weighted by Crippen LogP contribution is 2.17. The number of furan rings is 1. The van der Waals surface area contributed by atoms with E-state index in [-0.39, 0.29) is 18.2 Å². The molecule has 2 heterocycles. The summed E-state index contributed by atoms with van der Waals surface area (Å²) in [4.78, 5) is 15.9. The largest absolute Gasteiger partial charge is 0.459 e. The quantitative estimate of drug-likeness (QED) is 0.795. The maximum atomic E-state index is 11.7. The fourth-order valence-electron chi connectivity index (χ4n) is 1.79. The lowest BCUT2D eigenvalue weighted by Crippen LogP contribution is -2.22. The van der Waals surface area contributed by atoms with Crippen molar-refractivity contribution in [3.8, 4) is 11.5 Å². The van der Waals surface area contributed by atoms with Gasteiger partial charge in [0.1, 0.15) is 0 Å². The molecule has 21 heavy (non-hydrogen) atoms. The summed E-state index contributed by atoms with van der Waals surface area (Å²) in [6.45, 7) is 2.18. The fourth-order valence-corrected chi connectivity index (χ4v) is 1.79. The molecule has 2 aromatic heterocycles. The van der Waals surface area contributed by atoms with Crippen LogP contribution < -0.4 is 5.32 Å². The van der Waals surface area contributed by atoms with E-state index >= 15 is 0 Å². The summed E-state index contributed by atoms with van der Waals surface area (Å²) in [7, 11) is 0. The smallest absolute Gasteiger partial charge is 0.287 e. The number of carbonyl (C=O) groups is 1. The monoisotopic (exact) mass is 283 g/mol. The van der Waals surface area contributed by atoms with Crippen molar-refractivity contribution < 1.29 is 13.7 Å². The Labute approximate surface area is 120 Å². The van der Waals surface area contributed by atoms with Gasteiger partial charge in [0.25, 0.3) is 11.8 Å². The number of carbonyl (C=O) groups excluding carboxylic acids is 1. The van der Waals surface area contributed by atoms with Gasteiger partial charge in [-0.2, -0.15) is 4.98 Å². The Bertz CT molecular complexity index is 730. The molecular weight excluding hydrogens is 270 g/mol. The summed E-state index contributed by atoms with van der Waals surface area (Å²) in [6, 6.07) is 11.0. The molecule has 0 aliphatic rings. The maximum Gasteiger partial charge on any atom is 0.287 e. The van der Waals surface area contributed by atoms with Crippen LogP contribution in [0.2, 0.25) is 0 Å². The van der Waals surface area contributed by atoms with Crippen molar-refractivity contribution in [1.82, 2.24) is 15.5 Å². The number of hydrogen-bond acceptors (Lipinski definition) is 5. The van der Waals surface area contributed by atoms with E-state index < -0.39 is 0 Å². The summed E-state index contributed by atoms with van der Waals surface area (Å²) in [5, 5.41) is 6.49. The van der Waals surface area contributed by atoms with Gasteiger partial charge in [-0.3, -0.25) is 4.79 Å². The number of aryl methyl sites for hydroxylation is 1. The topological polar surface area (TPSA) is 81.2 Å². The van der Waals surface area contributed by atoms with Crippen LogP contribution in [0.3, 0.4) is 0 Å². The van der Waals surface area contributed by atoms with E-state index in [1.54, 1.807) is 12.1 Å². The predicted molar refractivity (Wildman–Crippen MR) is 74.3 cm³/mol. The van der Waals surface area contributed by atoms with Gasteiger partial charge in [0.05, 0.1) is 12.8 Å². The van der Waals surface area contributed by atoms with E-state index in [9.17, 15) is 4.79 Å². The molecule has 0 saturated carbocycles. The second-order valence-electron chi connectivity index (χ2n) is 4.54. The Morgan fingerprint density at radius 2 is 2.05 bits per heavy atom. The van der Waals surface area contributed by atoms with Crippen LogP contribution in [0.25, 0.3) is 11.5 Å². The summed E-state index contributed by atoms with van der Waals surface area (Å²) in [6.07, 6.45) is 1.44. The van der Waals surface area contributed by atoms with E-state index in [0.29, 0.717) is 11.7 Å². The third-order valence-electron chi connectivity index (χ3n) is 2.92. The molecule has 0 aliphatic heterocycles. The SMILES string of the molecule is Cc1ccc(-c2nc(CNC(=O)c3ccco3)no2)cc1. The van der Waals surface area contributed by atoms with E-state index in [0.717, 1.165) is 11.1 Å². The number of hydrogen-bond donors (Lipinski definition) is 1. The number of benzene rings is 1. The van der Waals surface area contributed by atoms with Crippen molar-refractivity contribution in [2.75, 3.05) is 0 Å². The van der Waals surface area contributed by atoms with Crippen molar-refractivity contribution >= 4 is 5.91 Å². The van der Waals surface area contributed by atoms with Gasteiger partial charge in [-0.15, -0.1) is 0 Å². The summed E-state index contributed by atoms with van der Waals surface area (Å²) in [5.74, 6) is 0.765. The molecule has 1 amide bonds. The molecule has 0 bridgehead atoms. The van der Waals surface area contributed by atoms with E-state index in [1.807, 2.05) is 31.2 Å². The Kier molecular flexibility index (Phi) is 3.51. The van der Waals surface area contributed by atoms with Crippen LogP contribution in [0, 0.1) is 6.92 Å². The van der Waals surface area contributed by atoms with Crippen molar-refractivity contribution in [3.63, 3.8) is 0 Å². The minimum absolute atomic E-state index is 0.175. The van der Waals surface area contributed by atoms with E-state index in [4.69, 9.17) is 8.94 Å². The highest BCUT2D eigenvalue weighted by Gasteiger charge is 2.12. The fraction of sp³-hybridized carbons (Fsp3) is 0.133. The molecule has 0 atom stereocenters. The second-order valence-corrected chi connectivity index (χ2v) is 4.54. The molecule has 0 unspecified atom stereocenters. The highest BCUT2D eigenvalue weighted by atomic mass is 16.5. The first-order valence-electron chi connectivity index (χ1n) is 6.44. The normalized spacial score (nSPS) is 10.5. The third-order valence-corrected chi connectivity index (χ3v) is 2.92. The summed E-state index contributed by atoms with van der Waals surface area (Å²) < 4.78 is 10.2. The van der Waals surface area contributed by atoms with Crippen molar-refractivity contribution in [2.45, 2.75) is 13.5 Å². The van der Waals surface area contributed by atoms with E-state index in [1.165, 1.54) is 6.26 Å². The van der Waals surface area contributed by atoms with Gasteiger partial charge in [0.15, 0.2) is 11.6 Å². The molecule has 3 rings (SSSR count). The first-order valence-corrected chi connectivity index (χ1v) is 6.44. The minimum Gasteiger partial charge on any atom is -0.459 e. The molecule has 106 valence electrons. The first kappa shape index (κ1) is 13.1. The zero-order valence-corrected chi connectivity index (χ0v) is 11.4. The Morgan fingerprint density at radius 3 is 2.76 bits per heavy atom. The maximum absolute atomic E-state index is 11.7. The van der Waals surface area contributed by atoms with Crippen LogP contribution in [0.5, 0.6) is 0 Å². The van der Waals surface area contributed by atoms with Gasteiger partial charge in [-0.05, 0) is 31.2 Å². The Balaban J connectivity index is 1.65. The molecule has 0 saturated heterocycles. The lowest BCUT2D eigenvalue weighted by atomic mass is 10.1. The average Bonchev–Trinajstić information content (AvgIpc) is 3.17. The lowest BCUT2D eigenvalue weighted by molar-refractivity contribution is 0.0922. The summed E-state index contributed by atoms with van der Waals surface area (Å²) in [5.41, 5.74) is 2.00. The van der Waals surface area contributed by atoms with Crippen LogP contribution in [-0.4, -0.2) is 16.0 Å². The van der Waals surface area contributed by atoms with Crippen LogP contribution in [0.15, 0.2) is 51.6 Å². The molecule has 0 fully saturated rings. The van der Waals surface area contributed by atoms with Crippen LogP contribution in [0.1, 0.15) is 21.9 Å². The molecule has 1 aromatic carbocycles. The van der Waals surface area contributed by atoms with Crippen LogP contribution in [0.4, 0.5) is 0 Å². The lowest BCUT2D eigenvalue weighted by Gasteiger charge is -1.98.